The van der Waals surface area contributed by atoms with Crippen LogP contribution in [-0.2, 0) is 17.9 Å². The molecule has 0 saturated heterocycles. The van der Waals surface area contributed by atoms with E-state index in [1.54, 1.807) is 49.4 Å². The summed E-state index contributed by atoms with van der Waals surface area (Å²) >= 11 is 9.25. The van der Waals surface area contributed by atoms with E-state index >= 15 is 0 Å². The zero-order chi connectivity index (χ0) is 18.8. The number of anilines is 1. The van der Waals surface area contributed by atoms with E-state index in [1.165, 1.54) is 4.57 Å². The van der Waals surface area contributed by atoms with E-state index in [9.17, 15) is 14.4 Å². The fourth-order valence-corrected chi connectivity index (χ4v) is 3.29. The lowest BCUT2D eigenvalue weighted by Crippen LogP contribution is -2.41. The Morgan fingerprint density at radius 3 is 2.62 bits per heavy atom. The lowest BCUT2D eigenvalue weighted by atomic mass is 10.2. The van der Waals surface area contributed by atoms with Gasteiger partial charge >= 0.3 is 5.69 Å². The highest BCUT2D eigenvalue weighted by atomic mass is 79.9. The maximum Gasteiger partial charge on any atom is 0.331 e. The van der Waals surface area contributed by atoms with E-state index in [4.69, 9.17) is 11.6 Å². The van der Waals surface area contributed by atoms with Crippen LogP contribution in [-0.4, -0.2) is 15.0 Å². The molecule has 0 aliphatic carbocycles. The molecule has 0 fully saturated rings. The third kappa shape index (κ3) is 3.59. The summed E-state index contributed by atoms with van der Waals surface area (Å²) in [5, 5.41) is 3.57. The van der Waals surface area contributed by atoms with Crippen LogP contribution in [0.5, 0.6) is 0 Å². The second kappa shape index (κ2) is 7.47. The molecule has 0 aliphatic heterocycles. The van der Waals surface area contributed by atoms with Crippen molar-refractivity contribution in [1.29, 1.82) is 0 Å². The summed E-state index contributed by atoms with van der Waals surface area (Å²) in [6, 6.07) is 11.8. The van der Waals surface area contributed by atoms with Crippen LogP contribution in [0.15, 0.2) is 56.5 Å². The Morgan fingerprint density at radius 2 is 1.92 bits per heavy atom. The second-order valence-electron chi connectivity index (χ2n) is 5.64. The molecule has 0 unspecified atom stereocenters. The molecule has 0 bridgehead atoms. The first-order valence-electron chi connectivity index (χ1n) is 7.89. The lowest BCUT2D eigenvalue weighted by Gasteiger charge is -2.13. The van der Waals surface area contributed by atoms with Gasteiger partial charge in [-0.05, 0) is 43.3 Å². The molecule has 1 aromatic heterocycles. The average Bonchev–Trinajstić information content (AvgIpc) is 2.59. The van der Waals surface area contributed by atoms with Gasteiger partial charge in [0.15, 0.2) is 0 Å². The molecule has 3 rings (SSSR count). The van der Waals surface area contributed by atoms with Crippen molar-refractivity contribution >= 4 is 50.0 Å². The molecular weight excluding hydrogens is 422 g/mol. The Bertz CT molecular complexity index is 1120. The summed E-state index contributed by atoms with van der Waals surface area (Å²) in [6.45, 7) is 1.71. The number of amides is 1. The topological polar surface area (TPSA) is 73.1 Å². The highest BCUT2D eigenvalue weighted by Gasteiger charge is 2.15. The van der Waals surface area contributed by atoms with E-state index in [0.717, 1.165) is 9.04 Å². The van der Waals surface area contributed by atoms with E-state index in [1.807, 2.05) is 0 Å². The van der Waals surface area contributed by atoms with Crippen molar-refractivity contribution in [2.45, 2.75) is 20.0 Å². The molecule has 0 atom stereocenters. The minimum atomic E-state index is -0.520. The molecule has 0 spiro atoms. The summed E-state index contributed by atoms with van der Waals surface area (Å²) in [5.41, 5.74) is 0.0504. The van der Waals surface area contributed by atoms with Crippen molar-refractivity contribution in [1.82, 2.24) is 9.13 Å². The normalized spacial score (nSPS) is 10.9. The van der Waals surface area contributed by atoms with Gasteiger partial charge in [0.25, 0.3) is 5.56 Å². The molecule has 6 nitrogen and oxygen atoms in total. The van der Waals surface area contributed by atoms with Gasteiger partial charge in [0.05, 0.1) is 10.9 Å². The van der Waals surface area contributed by atoms with Crippen LogP contribution in [0.25, 0.3) is 10.9 Å². The zero-order valence-corrected chi connectivity index (χ0v) is 16.2. The maximum absolute atomic E-state index is 12.7. The molecule has 2 aromatic carbocycles. The molecule has 0 aliphatic rings. The number of halogens is 2. The van der Waals surface area contributed by atoms with Gasteiger partial charge in [0.1, 0.15) is 6.54 Å². The lowest BCUT2D eigenvalue weighted by molar-refractivity contribution is -0.116. The van der Waals surface area contributed by atoms with Gasteiger partial charge in [-0.15, -0.1) is 0 Å². The highest BCUT2D eigenvalue weighted by Crippen LogP contribution is 2.17. The molecule has 134 valence electrons. The highest BCUT2D eigenvalue weighted by molar-refractivity contribution is 9.10. The van der Waals surface area contributed by atoms with Crippen LogP contribution in [0, 0.1) is 0 Å². The Labute approximate surface area is 162 Å². The minimum Gasteiger partial charge on any atom is -0.324 e. The van der Waals surface area contributed by atoms with Gasteiger partial charge in [-0.3, -0.25) is 18.7 Å². The van der Waals surface area contributed by atoms with E-state index in [-0.39, 0.29) is 24.6 Å². The number of nitrogens with zero attached hydrogens (tertiary/aromatic N) is 2. The number of hydrogen-bond acceptors (Lipinski definition) is 3. The van der Waals surface area contributed by atoms with Crippen LogP contribution in [0.4, 0.5) is 5.69 Å². The van der Waals surface area contributed by atoms with Crippen molar-refractivity contribution in [3.8, 4) is 0 Å². The largest absolute Gasteiger partial charge is 0.331 e. The second-order valence-corrected chi connectivity index (χ2v) is 6.99. The number of fused-ring (bicyclic) bond motifs is 1. The molecule has 0 saturated carbocycles. The maximum atomic E-state index is 12.7. The third-order valence-electron chi connectivity index (χ3n) is 3.91. The van der Waals surface area contributed by atoms with Crippen LogP contribution in [0.1, 0.15) is 6.92 Å². The zero-order valence-electron chi connectivity index (χ0n) is 13.8. The van der Waals surface area contributed by atoms with Gasteiger partial charge in [0, 0.05) is 21.7 Å². The number of nitrogens with one attached hydrogen (secondary N) is 1. The molecule has 26 heavy (non-hydrogen) atoms. The summed E-state index contributed by atoms with van der Waals surface area (Å²) in [4.78, 5) is 37.6. The van der Waals surface area contributed by atoms with Crippen LogP contribution in [0.3, 0.4) is 0 Å². The van der Waals surface area contributed by atoms with Crippen LogP contribution in [0.2, 0.25) is 5.02 Å². The Hall–Kier alpha value is -2.38. The quantitative estimate of drug-likeness (QED) is 0.682. The summed E-state index contributed by atoms with van der Waals surface area (Å²) in [5.74, 6) is -0.389. The number of carbonyl (C=O) groups is 1. The average molecular weight is 437 g/mol. The predicted octanol–water partition coefficient (Wildman–Crippen LogP) is 3.24. The number of carbonyl (C=O) groups excluding carboxylic acids is 1. The fraction of sp³-hybridized carbons (Fsp3) is 0.167. The van der Waals surface area contributed by atoms with E-state index in [2.05, 4.69) is 21.2 Å². The van der Waals surface area contributed by atoms with Crippen molar-refractivity contribution in [2.24, 2.45) is 0 Å². The Morgan fingerprint density at radius 1 is 1.15 bits per heavy atom. The summed E-state index contributed by atoms with van der Waals surface area (Å²) in [7, 11) is 0. The first-order chi connectivity index (χ1) is 12.4. The molecular formula is C18H15BrClN3O3. The minimum absolute atomic E-state index is 0.218. The van der Waals surface area contributed by atoms with Gasteiger partial charge in [-0.1, -0.05) is 33.6 Å². The monoisotopic (exact) mass is 435 g/mol. The Kier molecular flexibility index (Phi) is 5.29. The van der Waals surface area contributed by atoms with E-state index in [0.29, 0.717) is 21.6 Å². The predicted molar refractivity (Wildman–Crippen MR) is 106 cm³/mol. The van der Waals surface area contributed by atoms with Gasteiger partial charge in [-0.2, -0.15) is 0 Å². The molecule has 0 radical (unpaired) electrons. The standard InChI is InChI=1S/C18H15BrClN3O3/c1-2-22-17(25)14-8-11(19)6-7-15(14)23(18(22)26)10-16(24)21-13-5-3-4-12(20)9-13/h3-9H,2,10H2,1H3,(H,21,24). The Balaban J connectivity index is 2.05. The van der Waals surface area contributed by atoms with Gasteiger partial charge in [-0.25, -0.2) is 4.79 Å². The number of benzene rings is 2. The molecule has 1 heterocycles. The van der Waals surface area contributed by atoms with Crippen LogP contribution < -0.4 is 16.6 Å². The van der Waals surface area contributed by atoms with Crippen molar-refractivity contribution in [2.75, 3.05) is 5.32 Å². The fourth-order valence-electron chi connectivity index (χ4n) is 2.74. The molecule has 3 aromatic rings. The molecule has 1 amide bonds. The first kappa shape index (κ1) is 18.4. The number of hydrogen-bond donors (Lipinski definition) is 1. The third-order valence-corrected chi connectivity index (χ3v) is 4.64. The number of aromatic nitrogens is 2. The molecule has 1 N–H and O–H groups in total. The SMILES string of the molecule is CCn1c(=O)c2cc(Br)ccc2n(CC(=O)Nc2cccc(Cl)c2)c1=O. The molecule has 8 heteroatoms. The van der Waals surface area contributed by atoms with E-state index < -0.39 is 5.69 Å². The van der Waals surface area contributed by atoms with Gasteiger partial charge < -0.3 is 5.32 Å². The number of rotatable bonds is 4. The van der Waals surface area contributed by atoms with Crippen molar-refractivity contribution < 1.29 is 4.79 Å². The van der Waals surface area contributed by atoms with Gasteiger partial charge in [0.2, 0.25) is 5.91 Å². The van der Waals surface area contributed by atoms with Crippen LogP contribution >= 0.6 is 27.5 Å². The summed E-state index contributed by atoms with van der Waals surface area (Å²) in [6.07, 6.45) is 0. The smallest absolute Gasteiger partial charge is 0.324 e. The van der Waals surface area contributed by atoms with Crippen molar-refractivity contribution in [3.63, 3.8) is 0 Å². The summed E-state index contributed by atoms with van der Waals surface area (Å²) < 4.78 is 3.13. The van der Waals surface area contributed by atoms with Crippen molar-refractivity contribution in [3.05, 3.63) is 72.8 Å². The first-order valence-corrected chi connectivity index (χ1v) is 9.06.